The summed E-state index contributed by atoms with van der Waals surface area (Å²) in [6, 6.07) is -1.10. The van der Waals surface area contributed by atoms with Gasteiger partial charge in [-0.2, -0.15) is 0 Å². The van der Waals surface area contributed by atoms with Crippen molar-refractivity contribution >= 4 is 13.8 Å². The summed E-state index contributed by atoms with van der Waals surface area (Å²) in [5.41, 5.74) is 0. The Labute approximate surface area is 75.0 Å². The van der Waals surface area contributed by atoms with Crippen LogP contribution in [0.1, 0.15) is 6.92 Å². The van der Waals surface area contributed by atoms with E-state index in [2.05, 4.69) is 9.84 Å². The second kappa shape index (κ2) is 5.31. The average Bonchev–Trinajstić information content (AvgIpc) is 1.95. The van der Waals surface area contributed by atoms with Crippen LogP contribution in [0.25, 0.3) is 0 Å². The highest BCUT2D eigenvalue weighted by atomic mass is 31.2. The summed E-state index contributed by atoms with van der Waals surface area (Å²) in [5, 5.41) is 11.0. The van der Waals surface area contributed by atoms with E-state index in [1.54, 1.807) is 6.92 Å². The number of nitrogens with one attached hydrogen (secondary N) is 1. The van der Waals surface area contributed by atoms with Gasteiger partial charge in [0.25, 0.3) is 0 Å². The molecule has 0 spiro atoms. The van der Waals surface area contributed by atoms with Gasteiger partial charge in [0.2, 0.25) is 0 Å². The molecule has 8 heteroatoms. The van der Waals surface area contributed by atoms with Gasteiger partial charge >= 0.3 is 13.8 Å². The van der Waals surface area contributed by atoms with Crippen LogP contribution in [0.3, 0.4) is 0 Å². The Bertz CT molecular complexity index is 213. The molecule has 0 bridgehead atoms. The van der Waals surface area contributed by atoms with Crippen LogP contribution in [0, 0.1) is 0 Å². The third-order valence-electron chi connectivity index (χ3n) is 1.16. The van der Waals surface area contributed by atoms with Gasteiger partial charge in [-0.15, -0.1) is 0 Å². The van der Waals surface area contributed by atoms with E-state index in [0.29, 0.717) is 6.54 Å². The van der Waals surface area contributed by atoms with Crippen molar-refractivity contribution in [2.45, 2.75) is 13.0 Å². The molecule has 0 saturated heterocycles. The third-order valence-corrected chi connectivity index (χ3v) is 1.64. The Kier molecular flexibility index (Phi) is 5.12. The number of phosphoric ester groups is 1. The molecule has 0 unspecified atom stereocenters. The minimum Gasteiger partial charge on any atom is -0.480 e. The fourth-order valence-corrected chi connectivity index (χ4v) is 0.979. The van der Waals surface area contributed by atoms with Crippen LogP contribution in [-0.4, -0.2) is 40.1 Å². The van der Waals surface area contributed by atoms with Crippen LogP contribution >= 0.6 is 7.82 Å². The summed E-state index contributed by atoms with van der Waals surface area (Å²) in [6.45, 7) is 1.49. The van der Waals surface area contributed by atoms with Crippen LogP contribution < -0.4 is 5.32 Å². The molecule has 13 heavy (non-hydrogen) atoms. The van der Waals surface area contributed by atoms with Gasteiger partial charge in [0, 0.05) is 0 Å². The molecule has 0 amide bonds. The normalized spacial score (nSPS) is 14.1. The zero-order chi connectivity index (χ0) is 10.5. The number of likely N-dealkylation sites (N-methyl/N-ethyl adjacent to an activating group) is 1. The van der Waals surface area contributed by atoms with Gasteiger partial charge in [0.1, 0.15) is 6.04 Å². The number of carboxylic acids is 1. The highest BCUT2D eigenvalue weighted by Gasteiger charge is 2.22. The van der Waals surface area contributed by atoms with Gasteiger partial charge in [-0.3, -0.25) is 9.32 Å². The lowest BCUT2D eigenvalue weighted by Gasteiger charge is -2.13. The molecule has 0 aliphatic rings. The Morgan fingerprint density at radius 2 is 2.15 bits per heavy atom. The van der Waals surface area contributed by atoms with E-state index in [1.807, 2.05) is 0 Å². The monoisotopic (exact) mass is 213 g/mol. The lowest BCUT2D eigenvalue weighted by Crippen LogP contribution is -2.40. The predicted molar refractivity (Wildman–Crippen MR) is 43.1 cm³/mol. The third kappa shape index (κ3) is 6.68. The van der Waals surface area contributed by atoms with E-state index in [1.165, 1.54) is 0 Å². The first-order chi connectivity index (χ1) is 5.87. The van der Waals surface area contributed by atoms with E-state index in [4.69, 9.17) is 14.9 Å². The Hall–Kier alpha value is -0.460. The maximum absolute atomic E-state index is 10.4. The Balaban J connectivity index is 3.97. The number of hydrogen-bond acceptors (Lipinski definition) is 4. The van der Waals surface area contributed by atoms with Gasteiger partial charge in [0.15, 0.2) is 0 Å². The number of carbonyl (C=O) groups is 1. The van der Waals surface area contributed by atoms with Crippen LogP contribution in [0.15, 0.2) is 0 Å². The molecule has 0 aliphatic heterocycles. The molecular formula is C5H12NO6P. The van der Waals surface area contributed by atoms with E-state index in [0.717, 1.165) is 0 Å². The first kappa shape index (κ1) is 12.5. The average molecular weight is 213 g/mol. The summed E-state index contributed by atoms with van der Waals surface area (Å²) in [6.07, 6.45) is 0. The largest absolute Gasteiger partial charge is 0.480 e. The minimum absolute atomic E-state index is 0.376. The molecule has 0 aromatic rings. The molecule has 78 valence electrons. The van der Waals surface area contributed by atoms with Crippen molar-refractivity contribution in [2.24, 2.45) is 0 Å². The molecular weight excluding hydrogens is 201 g/mol. The fourth-order valence-electron chi connectivity index (χ4n) is 0.636. The number of rotatable bonds is 6. The van der Waals surface area contributed by atoms with Gasteiger partial charge < -0.3 is 20.2 Å². The number of phosphoric acid groups is 1. The summed E-state index contributed by atoms with van der Waals surface area (Å²) in [7, 11) is -4.59. The van der Waals surface area contributed by atoms with Crippen LogP contribution in [0.5, 0.6) is 0 Å². The quantitative estimate of drug-likeness (QED) is 0.425. The topological polar surface area (TPSA) is 116 Å². The van der Waals surface area contributed by atoms with Crippen molar-refractivity contribution in [3.63, 3.8) is 0 Å². The summed E-state index contributed by atoms with van der Waals surface area (Å²) in [4.78, 5) is 27.0. The van der Waals surface area contributed by atoms with Gasteiger partial charge in [0.05, 0.1) is 6.61 Å². The summed E-state index contributed by atoms with van der Waals surface area (Å²) >= 11 is 0. The highest BCUT2D eigenvalue weighted by Crippen LogP contribution is 2.35. The van der Waals surface area contributed by atoms with Gasteiger partial charge in [-0.1, -0.05) is 6.92 Å². The van der Waals surface area contributed by atoms with Gasteiger partial charge in [-0.05, 0) is 6.54 Å². The lowest BCUT2D eigenvalue weighted by atomic mass is 10.3. The van der Waals surface area contributed by atoms with Crippen molar-refractivity contribution in [3.8, 4) is 0 Å². The summed E-state index contributed by atoms with van der Waals surface area (Å²) < 4.78 is 14.2. The summed E-state index contributed by atoms with van der Waals surface area (Å²) in [5.74, 6) is -1.21. The molecule has 0 fully saturated rings. The van der Waals surface area contributed by atoms with Crippen LogP contribution in [-0.2, 0) is 13.9 Å². The zero-order valence-electron chi connectivity index (χ0n) is 7.01. The maximum Gasteiger partial charge on any atom is 0.469 e. The number of carboxylic acid groups (broad SMARTS) is 1. The molecule has 0 radical (unpaired) electrons. The van der Waals surface area contributed by atoms with Crippen LogP contribution in [0.2, 0.25) is 0 Å². The van der Waals surface area contributed by atoms with Crippen molar-refractivity contribution in [2.75, 3.05) is 13.2 Å². The second-order valence-electron chi connectivity index (χ2n) is 2.23. The van der Waals surface area contributed by atoms with Crippen molar-refractivity contribution < 1.29 is 28.8 Å². The van der Waals surface area contributed by atoms with Crippen molar-refractivity contribution in [1.29, 1.82) is 0 Å². The smallest absolute Gasteiger partial charge is 0.469 e. The molecule has 0 aromatic heterocycles. The van der Waals surface area contributed by atoms with Gasteiger partial charge in [-0.25, -0.2) is 4.57 Å². The van der Waals surface area contributed by atoms with Crippen LogP contribution in [0.4, 0.5) is 0 Å². The zero-order valence-corrected chi connectivity index (χ0v) is 7.90. The predicted octanol–water partition coefficient (Wildman–Crippen LogP) is -0.842. The SMILES string of the molecule is CCN[C@@H](COP(=O)(O)O)C(=O)O. The number of hydrogen-bond donors (Lipinski definition) is 4. The van der Waals surface area contributed by atoms with E-state index in [-0.39, 0.29) is 0 Å². The standard InChI is InChI=1S/C5H12NO6P/c1-2-6-4(5(7)8)3-12-13(9,10)11/h4,6H,2-3H2,1H3,(H,7,8)(H2,9,10,11)/t4-/m0/s1. The van der Waals surface area contributed by atoms with E-state index >= 15 is 0 Å². The first-order valence-corrected chi connectivity index (χ1v) is 5.06. The van der Waals surface area contributed by atoms with E-state index in [9.17, 15) is 9.36 Å². The first-order valence-electron chi connectivity index (χ1n) is 3.53. The van der Waals surface area contributed by atoms with Crippen molar-refractivity contribution in [1.82, 2.24) is 5.32 Å². The van der Waals surface area contributed by atoms with Crippen molar-refractivity contribution in [3.05, 3.63) is 0 Å². The maximum atomic E-state index is 10.4. The molecule has 1 atom stereocenters. The second-order valence-corrected chi connectivity index (χ2v) is 3.47. The molecule has 0 rings (SSSR count). The molecule has 0 aliphatic carbocycles. The molecule has 0 heterocycles. The highest BCUT2D eigenvalue weighted by molar-refractivity contribution is 7.46. The molecule has 4 N–H and O–H groups in total. The number of aliphatic carboxylic acids is 1. The van der Waals surface area contributed by atoms with E-state index < -0.39 is 26.4 Å². The lowest BCUT2D eigenvalue weighted by molar-refractivity contribution is -0.140. The Morgan fingerprint density at radius 3 is 2.46 bits per heavy atom. The minimum atomic E-state index is -4.59. The Morgan fingerprint density at radius 1 is 1.62 bits per heavy atom. The molecule has 7 nitrogen and oxygen atoms in total. The molecule has 0 aromatic carbocycles. The molecule has 0 saturated carbocycles. The fraction of sp³-hybridized carbons (Fsp3) is 0.800.